The lowest BCUT2D eigenvalue weighted by Crippen LogP contribution is -2.31. The largest absolute Gasteiger partial charge is 0.384 e. The Morgan fingerprint density at radius 2 is 1.94 bits per heavy atom. The summed E-state index contributed by atoms with van der Waals surface area (Å²) in [6.07, 6.45) is 2.71. The van der Waals surface area contributed by atoms with Gasteiger partial charge in [-0.15, -0.1) is 0 Å². The van der Waals surface area contributed by atoms with Gasteiger partial charge in [0.15, 0.2) is 0 Å². The minimum Gasteiger partial charge on any atom is -0.384 e. The molecule has 1 heterocycles. The minimum atomic E-state index is -1.11. The molecule has 0 amide bonds. The fraction of sp³-hybridized carbons (Fsp3) is 0.571. The van der Waals surface area contributed by atoms with E-state index in [4.69, 9.17) is 0 Å². The van der Waals surface area contributed by atoms with Crippen LogP contribution in [0.4, 0.5) is 8.78 Å². The van der Waals surface area contributed by atoms with Gasteiger partial charge in [-0.2, -0.15) is 0 Å². The van der Waals surface area contributed by atoms with Crippen molar-refractivity contribution in [1.82, 2.24) is 4.90 Å². The third kappa shape index (κ3) is 2.87. The number of β-amino-alcohol motifs (C(OH)–C–C–N with tert-alkyl or cyclic N) is 1. The zero-order valence-electron chi connectivity index (χ0n) is 10.6. The van der Waals surface area contributed by atoms with Gasteiger partial charge in [0.05, 0.1) is 0 Å². The first-order chi connectivity index (χ1) is 8.53. The molecule has 1 saturated heterocycles. The van der Waals surface area contributed by atoms with Crippen LogP contribution in [0.3, 0.4) is 0 Å². The van der Waals surface area contributed by atoms with Crippen molar-refractivity contribution in [1.29, 1.82) is 0 Å². The van der Waals surface area contributed by atoms with Gasteiger partial charge >= 0.3 is 0 Å². The molecule has 0 saturated carbocycles. The second-order valence-electron chi connectivity index (χ2n) is 5.07. The predicted octanol–water partition coefficient (Wildman–Crippen LogP) is 2.66. The lowest BCUT2D eigenvalue weighted by Gasteiger charge is -2.24. The number of rotatable bonds is 4. The van der Waals surface area contributed by atoms with E-state index in [0.29, 0.717) is 18.5 Å². The van der Waals surface area contributed by atoms with Crippen molar-refractivity contribution in [3.63, 3.8) is 0 Å². The molecule has 1 aliphatic rings. The van der Waals surface area contributed by atoms with Crippen LogP contribution in [0.1, 0.15) is 31.7 Å². The first-order valence-electron chi connectivity index (χ1n) is 6.45. The maximum Gasteiger partial charge on any atom is 0.126 e. The quantitative estimate of drug-likeness (QED) is 0.894. The molecule has 2 nitrogen and oxygen atoms in total. The van der Waals surface area contributed by atoms with E-state index in [0.717, 1.165) is 32.0 Å². The summed E-state index contributed by atoms with van der Waals surface area (Å²) in [7, 11) is 0. The van der Waals surface area contributed by atoms with Crippen molar-refractivity contribution in [3.8, 4) is 0 Å². The van der Waals surface area contributed by atoms with Crippen LogP contribution in [0.25, 0.3) is 0 Å². The van der Waals surface area contributed by atoms with Gasteiger partial charge in [-0.1, -0.05) is 13.3 Å². The van der Waals surface area contributed by atoms with Crippen LogP contribution < -0.4 is 0 Å². The summed E-state index contributed by atoms with van der Waals surface area (Å²) < 4.78 is 26.4. The summed E-state index contributed by atoms with van der Waals surface area (Å²) in [5.74, 6) is -1.27. The number of nitrogens with zero attached hydrogens (tertiary/aromatic N) is 1. The van der Waals surface area contributed by atoms with Crippen LogP contribution in [-0.2, 0) is 5.60 Å². The number of hydrogen-bond donors (Lipinski definition) is 1. The third-order valence-corrected chi connectivity index (χ3v) is 3.55. The summed E-state index contributed by atoms with van der Waals surface area (Å²) in [6.45, 7) is 4.27. The maximum atomic E-state index is 13.2. The summed E-state index contributed by atoms with van der Waals surface area (Å²) in [5, 5.41) is 10.5. The monoisotopic (exact) mass is 255 g/mol. The van der Waals surface area contributed by atoms with Crippen molar-refractivity contribution in [2.75, 3.05) is 19.6 Å². The van der Waals surface area contributed by atoms with E-state index in [1.54, 1.807) is 0 Å². The Morgan fingerprint density at radius 1 is 1.28 bits per heavy atom. The van der Waals surface area contributed by atoms with Gasteiger partial charge in [0.25, 0.3) is 0 Å². The Kier molecular flexibility index (Phi) is 3.97. The third-order valence-electron chi connectivity index (χ3n) is 3.55. The van der Waals surface area contributed by atoms with Gasteiger partial charge < -0.3 is 10.0 Å². The SMILES string of the molecule is CCCCN1CCC(O)(c2cc(F)cc(F)c2)C1. The lowest BCUT2D eigenvalue weighted by atomic mass is 9.93. The van der Waals surface area contributed by atoms with Crippen molar-refractivity contribution >= 4 is 0 Å². The van der Waals surface area contributed by atoms with E-state index in [-0.39, 0.29) is 0 Å². The van der Waals surface area contributed by atoms with Crippen LogP contribution in [-0.4, -0.2) is 29.6 Å². The van der Waals surface area contributed by atoms with Gasteiger partial charge in [-0.3, -0.25) is 0 Å². The van der Waals surface area contributed by atoms with Gasteiger partial charge in [0, 0.05) is 19.2 Å². The Balaban J connectivity index is 2.12. The van der Waals surface area contributed by atoms with E-state index < -0.39 is 17.2 Å². The highest BCUT2D eigenvalue weighted by atomic mass is 19.1. The van der Waals surface area contributed by atoms with Crippen LogP contribution in [0, 0.1) is 11.6 Å². The smallest absolute Gasteiger partial charge is 0.126 e. The highest BCUT2D eigenvalue weighted by Gasteiger charge is 2.37. The highest BCUT2D eigenvalue weighted by molar-refractivity contribution is 5.26. The normalized spacial score (nSPS) is 24.7. The Labute approximate surface area is 106 Å². The molecule has 1 unspecified atom stereocenters. The average molecular weight is 255 g/mol. The van der Waals surface area contributed by atoms with Crippen LogP contribution in [0.15, 0.2) is 18.2 Å². The Morgan fingerprint density at radius 3 is 2.56 bits per heavy atom. The molecule has 0 bridgehead atoms. The molecule has 18 heavy (non-hydrogen) atoms. The second-order valence-corrected chi connectivity index (χ2v) is 5.07. The molecule has 0 aromatic heterocycles. The number of aliphatic hydroxyl groups is 1. The van der Waals surface area contributed by atoms with Crippen LogP contribution in [0.5, 0.6) is 0 Å². The fourth-order valence-electron chi connectivity index (χ4n) is 2.50. The number of benzene rings is 1. The van der Waals surface area contributed by atoms with E-state index in [2.05, 4.69) is 11.8 Å². The molecule has 1 N–H and O–H groups in total. The number of halogens is 2. The molecule has 4 heteroatoms. The van der Waals surface area contributed by atoms with Crippen molar-refractivity contribution < 1.29 is 13.9 Å². The molecule has 0 aliphatic carbocycles. The van der Waals surface area contributed by atoms with E-state index >= 15 is 0 Å². The highest BCUT2D eigenvalue weighted by Crippen LogP contribution is 2.32. The molecule has 2 rings (SSSR count). The molecular formula is C14H19F2NO. The Bertz CT molecular complexity index is 404. The molecule has 1 aromatic carbocycles. The molecule has 1 aliphatic heterocycles. The van der Waals surface area contributed by atoms with Crippen LogP contribution >= 0.6 is 0 Å². The molecule has 1 aromatic rings. The molecule has 1 atom stereocenters. The summed E-state index contributed by atoms with van der Waals surface area (Å²) >= 11 is 0. The van der Waals surface area contributed by atoms with Crippen molar-refractivity contribution in [2.45, 2.75) is 31.8 Å². The van der Waals surface area contributed by atoms with Crippen molar-refractivity contribution in [2.24, 2.45) is 0 Å². The predicted molar refractivity (Wildman–Crippen MR) is 66.2 cm³/mol. The number of unbranched alkanes of at least 4 members (excludes halogenated alkanes) is 1. The van der Waals surface area contributed by atoms with Gasteiger partial charge in [0.1, 0.15) is 17.2 Å². The molecule has 100 valence electrons. The maximum absolute atomic E-state index is 13.2. The van der Waals surface area contributed by atoms with E-state index in [9.17, 15) is 13.9 Å². The van der Waals surface area contributed by atoms with Gasteiger partial charge in [0.2, 0.25) is 0 Å². The van der Waals surface area contributed by atoms with E-state index in [1.165, 1.54) is 12.1 Å². The summed E-state index contributed by atoms with van der Waals surface area (Å²) in [5.41, 5.74) is -0.768. The molecule has 0 spiro atoms. The van der Waals surface area contributed by atoms with Crippen molar-refractivity contribution in [3.05, 3.63) is 35.4 Å². The standard InChI is InChI=1S/C14H19F2NO/c1-2-3-5-17-6-4-14(18,10-17)11-7-12(15)9-13(16)8-11/h7-9,18H,2-6,10H2,1H3. The van der Waals surface area contributed by atoms with Gasteiger partial charge in [-0.25, -0.2) is 8.78 Å². The average Bonchev–Trinajstić information content (AvgIpc) is 2.69. The molecule has 0 radical (unpaired) electrons. The van der Waals surface area contributed by atoms with Gasteiger partial charge in [-0.05, 0) is 37.1 Å². The number of likely N-dealkylation sites (tertiary alicyclic amines) is 1. The minimum absolute atomic E-state index is 0.346. The summed E-state index contributed by atoms with van der Waals surface area (Å²) in [6, 6.07) is 3.29. The fourth-order valence-corrected chi connectivity index (χ4v) is 2.50. The topological polar surface area (TPSA) is 23.5 Å². The molecule has 1 fully saturated rings. The first kappa shape index (κ1) is 13.4. The lowest BCUT2D eigenvalue weighted by molar-refractivity contribution is 0.0454. The molecular weight excluding hydrogens is 236 g/mol. The zero-order valence-corrected chi connectivity index (χ0v) is 10.6. The second kappa shape index (κ2) is 5.33. The number of hydrogen-bond acceptors (Lipinski definition) is 2. The van der Waals surface area contributed by atoms with E-state index in [1.807, 2.05) is 0 Å². The Hall–Kier alpha value is -1.00. The first-order valence-corrected chi connectivity index (χ1v) is 6.45. The zero-order chi connectivity index (χ0) is 13.2. The van der Waals surface area contributed by atoms with Crippen LogP contribution in [0.2, 0.25) is 0 Å². The summed E-state index contributed by atoms with van der Waals surface area (Å²) in [4.78, 5) is 2.15.